The fourth-order valence-corrected chi connectivity index (χ4v) is 6.60. The molecule has 0 aromatic heterocycles. The number of carbonyl (C=O) groups is 2. The zero-order valence-corrected chi connectivity index (χ0v) is 36.0. The summed E-state index contributed by atoms with van der Waals surface area (Å²) in [4.78, 5) is 33.8. The molecule has 0 aliphatic rings. The third-order valence-electron chi connectivity index (χ3n) is 9.23. The Morgan fingerprint density at radius 2 is 1.00 bits per heavy atom. The molecule has 0 aliphatic heterocycles. The van der Waals surface area contributed by atoms with Crippen LogP contribution in [-0.2, 0) is 27.9 Å². The van der Waals surface area contributed by atoms with Crippen molar-refractivity contribution in [3.63, 3.8) is 0 Å². The largest absolute Gasteiger partial charge is 0.472 e. The summed E-state index contributed by atoms with van der Waals surface area (Å²) in [6.07, 6.45) is 47.6. The van der Waals surface area contributed by atoms with Crippen molar-refractivity contribution in [1.29, 1.82) is 0 Å². The van der Waals surface area contributed by atoms with Gasteiger partial charge in [0.2, 0.25) is 5.91 Å². The number of hydrogen-bond donors (Lipinski definition) is 3. The van der Waals surface area contributed by atoms with Crippen molar-refractivity contribution in [2.45, 2.75) is 200 Å². The number of aliphatic hydroxyl groups is 1. The Morgan fingerprint density at radius 1 is 0.564 bits per heavy atom. The van der Waals surface area contributed by atoms with Crippen LogP contribution in [0.5, 0.6) is 0 Å². The molecule has 3 N–H and O–H groups in total. The standard InChI is InChI=1S/C45H82NO8P/c1-3-5-7-9-11-13-15-16-17-18-19-20-21-22-23-24-25-26-28-30-32-34-36-38-45(49)52-41-43(47)42-54-55(50,51)53-40-39-46-44(48)37-35-33-31-29-27-14-12-10-8-6-4-2/h10-13,16-17,19-20,43,47H,3-9,14-15,18,21-42H2,1-2H3,(H,46,48)(H,50,51)/b12-10-,13-11-,17-16-,20-19-. The fourth-order valence-electron chi connectivity index (χ4n) is 5.84. The Bertz CT molecular complexity index is 1040. The van der Waals surface area contributed by atoms with Gasteiger partial charge in [-0.15, -0.1) is 0 Å². The smallest absolute Gasteiger partial charge is 0.463 e. The van der Waals surface area contributed by atoms with Crippen LogP contribution in [0.4, 0.5) is 0 Å². The van der Waals surface area contributed by atoms with Crippen LogP contribution in [0.25, 0.3) is 0 Å². The summed E-state index contributed by atoms with van der Waals surface area (Å²) >= 11 is 0. The highest BCUT2D eigenvalue weighted by molar-refractivity contribution is 7.47. The number of phosphoric acid groups is 1. The van der Waals surface area contributed by atoms with Crippen molar-refractivity contribution in [3.8, 4) is 0 Å². The van der Waals surface area contributed by atoms with E-state index in [2.05, 4.69) is 67.8 Å². The monoisotopic (exact) mass is 796 g/mol. The van der Waals surface area contributed by atoms with Crippen LogP contribution >= 0.6 is 7.82 Å². The molecule has 0 saturated heterocycles. The molecule has 0 fully saturated rings. The Kier molecular flexibility index (Phi) is 40.1. The molecule has 2 unspecified atom stereocenters. The van der Waals surface area contributed by atoms with Crippen LogP contribution in [0.1, 0.15) is 194 Å². The van der Waals surface area contributed by atoms with Crippen molar-refractivity contribution in [2.24, 2.45) is 0 Å². The van der Waals surface area contributed by atoms with Gasteiger partial charge in [0.15, 0.2) is 0 Å². The van der Waals surface area contributed by atoms with Gasteiger partial charge < -0.3 is 20.1 Å². The highest BCUT2D eigenvalue weighted by Crippen LogP contribution is 2.42. The van der Waals surface area contributed by atoms with E-state index in [0.29, 0.717) is 6.42 Å². The zero-order chi connectivity index (χ0) is 40.3. The molecule has 0 aromatic carbocycles. The number of carbonyl (C=O) groups excluding carboxylic acids is 2. The van der Waals surface area contributed by atoms with E-state index >= 15 is 0 Å². The Labute approximate surface area is 336 Å². The maximum Gasteiger partial charge on any atom is 0.472 e. The van der Waals surface area contributed by atoms with E-state index in [1.165, 1.54) is 103 Å². The van der Waals surface area contributed by atoms with Crippen LogP contribution in [-0.4, -0.2) is 54.3 Å². The lowest BCUT2D eigenvalue weighted by Crippen LogP contribution is -2.27. The number of nitrogens with one attached hydrogen (secondary N) is 1. The molecule has 0 bridgehead atoms. The Balaban J connectivity index is 3.59. The van der Waals surface area contributed by atoms with E-state index in [1.807, 2.05) is 0 Å². The zero-order valence-electron chi connectivity index (χ0n) is 35.1. The minimum atomic E-state index is -4.42. The molecule has 320 valence electrons. The number of hydrogen-bond acceptors (Lipinski definition) is 7. The van der Waals surface area contributed by atoms with Crippen LogP contribution in [0.3, 0.4) is 0 Å². The van der Waals surface area contributed by atoms with Crippen molar-refractivity contribution in [2.75, 3.05) is 26.4 Å². The molecule has 0 aliphatic carbocycles. The van der Waals surface area contributed by atoms with Crippen molar-refractivity contribution < 1.29 is 37.9 Å². The lowest BCUT2D eigenvalue weighted by Gasteiger charge is -2.15. The molecule has 0 heterocycles. The lowest BCUT2D eigenvalue weighted by molar-refractivity contribution is -0.147. The van der Waals surface area contributed by atoms with Crippen LogP contribution < -0.4 is 5.32 Å². The first-order valence-electron chi connectivity index (χ1n) is 22.1. The second kappa shape index (κ2) is 41.6. The summed E-state index contributed by atoms with van der Waals surface area (Å²) < 4.78 is 26.8. The number of allylic oxidation sites excluding steroid dienone is 8. The van der Waals surface area contributed by atoms with Crippen LogP contribution in [0.2, 0.25) is 0 Å². The maximum atomic E-state index is 12.1. The number of phosphoric ester groups is 1. The van der Waals surface area contributed by atoms with Gasteiger partial charge in [0, 0.05) is 19.4 Å². The third-order valence-corrected chi connectivity index (χ3v) is 10.2. The number of ether oxygens (including phenoxy) is 1. The molecule has 0 saturated carbocycles. The van der Waals surface area contributed by atoms with Crippen LogP contribution in [0.15, 0.2) is 48.6 Å². The average Bonchev–Trinajstić information content (AvgIpc) is 3.17. The second-order valence-corrected chi connectivity index (χ2v) is 16.1. The molecule has 55 heavy (non-hydrogen) atoms. The van der Waals surface area contributed by atoms with E-state index < -0.39 is 26.5 Å². The normalized spacial score (nSPS) is 13.7. The van der Waals surface area contributed by atoms with E-state index in [-0.39, 0.29) is 32.1 Å². The molecule has 0 rings (SSSR count). The topological polar surface area (TPSA) is 131 Å². The van der Waals surface area contributed by atoms with Gasteiger partial charge in [-0.1, -0.05) is 159 Å². The lowest BCUT2D eigenvalue weighted by atomic mass is 10.1. The molecule has 1 amide bonds. The average molecular weight is 796 g/mol. The van der Waals surface area contributed by atoms with Gasteiger partial charge in [-0.05, 0) is 70.6 Å². The second-order valence-electron chi connectivity index (χ2n) is 14.7. The van der Waals surface area contributed by atoms with E-state index in [9.17, 15) is 24.2 Å². The summed E-state index contributed by atoms with van der Waals surface area (Å²) in [5, 5.41) is 12.7. The summed E-state index contributed by atoms with van der Waals surface area (Å²) in [5.74, 6) is -0.531. The highest BCUT2D eigenvalue weighted by atomic mass is 31.2. The van der Waals surface area contributed by atoms with Gasteiger partial charge in [-0.2, -0.15) is 0 Å². The maximum absolute atomic E-state index is 12.1. The summed E-state index contributed by atoms with van der Waals surface area (Å²) in [5.41, 5.74) is 0. The molecular weight excluding hydrogens is 713 g/mol. The minimum Gasteiger partial charge on any atom is -0.463 e. The minimum absolute atomic E-state index is 0.0758. The molecule has 2 atom stereocenters. The number of esters is 1. The van der Waals surface area contributed by atoms with E-state index in [4.69, 9.17) is 13.8 Å². The quantitative estimate of drug-likeness (QED) is 0.0241. The van der Waals surface area contributed by atoms with Gasteiger partial charge in [0.25, 0.3) is 0 Å². The van der Waals surface area contributed by atoms with Crippen molar-refractivity contribution in [3.05, 3.63) is 48.6 Å². The van der Waals surface area contributed by atoms with Crippen LogP contribution in [0, 0.1) is 0 Å². The molecule has 10 heteroatoms. The summed E-state index contributed by atoms with van der Waals surface area (Å²) in [7, 11) is -4.42. The van der Waals surface area contributed by atoms with Crippen molar-refractivity contribution in [1.82, 2.24) is 5.32 Å². The van der Waals surface area contributed by atoms with E-state index in [0.717, 1.165) is 64.2 Å². The first-order valence-corrected chi connectivity index (χ1v) is 23.6. The Hall–Kier alpha value is -2.03. The molecule has 0 spiro atoms. The molecule has 0 aromatic rings. The predicted octanol–water partition coefficient (Wildman–Crippen LogP) is 12.3. The first kappa shape index (κ1) is 53.0. The first-order chi connectivity index (χ1) is 26.8. The highest BCUT2D eigenvalue weighted by Gasteiger charge is 2.23. The van der Waals surface area contributed by atoms with Gasteiger partial charge in [-0.3, -0.25) is 18.6 Å². The van der Waals surface area contributed by atoms with Crippen molar-refractivity contribution >= 4 is 19.7 Å². The molecule has 0 radical (unpaired) electrons. The SMILES string of the molecule is CCCC/C=C\CCCCCCCC(=O)NCCOP(=O)(O)OCC(O)COC(=O)CCCCCCCCCCCC/C=C\C/C=C\C/C=C\CCCCC. The summed E-state index contributed by atoms with van der Waals surface area (Å²) in [6.45, 7) is 3.47. The Morgan fingerprint density at radius 3 is 1.55 bits per heavy atom. The van der Waals surface area contributed by atoms with Gasteiger partial charge in [0.05, 0.1) is 13.2 Å². The number of rotatable bonds is 41. The van der Waals surface area contributed by atoms with Gasteiger partial charge >= 0.3 is 13.8 Å². The summed E-state index contributed by atoms with van der Waals surface area (Å²) in [6, 6.07) is 0. The molecule has 9 nitrogen and oxygen atoms in total. The molecular formula is C45H82NO8P. The number of aliphatic hydroxyl groups excluding tert-OH is 1. The fraction of sp³-hybridized carbons (Fsp3) is 0.778. The van der Waals surface area contributed by atoms with E-state index in [1.54, 1.807) is 0 Å². The van der Waals surface area contributed by atoms with Gasteiger partial charge in [0.1, 0.15) is 12.7 Å². The third kappa shape index (κ3) is 42.9. The number of unbranched alkanes of at least 4 members (excludes halogenated alkanes) is 20. The number of amides is 1. The predicted molar refractivity (Wildman–Crippen MR) is 229 cm³/mol. The van der Waals surface area contributed by atoms with Gasteiger partial charge in [-0.25, -0.2) is 4.57 Å².